The van der Waals surface area contributed by atoms with Gasteiger partial charge in [0.15, 0.2) is 6.61 Å². The molecule has 0 aliphatic carbocycles. The molecule has 0 radical (unpaired) electrons. The van der Waals surface area contributed by atoms with Gasteiger partial charge in [0, 0.05) is 40.3 Å². The summed E-state index contributed by atoms with van der Waals surface area (Å²) in [5.41, 5.74) is 4.00. The van der Waals surface area contributed by atoms with Gasteiger partial charge in [0.05, 0.1) is 19.1 Å². The van der Waals surface area contributed by atoms with Crippen molar-refractivity contribution in [3.05, 3.63) is 73.6 Å². The number of hydrogen-bond acceptors (Lipinski definition) is 7. The number of esters is 2. The van der Waals surface area contributed by atoms with Crippen LogP contribution in [0.3, 0.4) is 0 Å². The molecular formula is C23H24N2O6S. The minimum absolute atomic E-state index is 0.0102. The number of benzene rings is 1. The Hall–Kier alpha value is -3.46. The van der Waals surface area contributed by atoms with Crippen molar-refractivity contribution in [3.8, 4) is 5.69 Å². The first-order valence-electron chi connectivity index (χ1n) is 9.94. The number of aromatic nitrogens is 2. The van der Waals surface area contributed by atoms with Crippen molar-refractivity contribution >= 4 is 29.1 Å². The number of Topliss-reactive ketones (excluding diaryl/α,β-unsaturated/α-hetero) is 1. The maximum absolute atomic E-state index is 12.7. The van der Waals surface area contributed by atoms with Gasteiger partial charge in [0.1, 0.15) is 0 Å². The van der Waals surface area contributed by atoms with E-state index in [1.165, 1.54) is 11.7 Å². The number of methoxy groups -OCH3 is 1. The summed E-state index contributed by atoms with van der Waals surface area (Å²) >= 11 is 1.08. The van der Waals surface area contributed by atoms with Gasteiger partial charge >= 0.3 is 16.8 Å². The molecule has 1 aromatic carbocycles. The van der Waals surface area contributed by atoms with Crippen molar-refractivity contribution in [3.63, 3.8) is 0 Å². The number of ketones is 1. The minimum Gasteiger partial charge on any atom is -0.465 e. The number of nitrogens with zero attached hydrogens (tertiary/aromatic N) is 2. The van der Waals surface area contributed by atoms with Gasteiger partial charge in [0.2, 0.25) is 5.78 Å². The van der Waals surface area contributed by atoms with Gasteiger partial charge in [-0.3, -0.25) is 14.4 Å². The van der Waals surface area contributed by atoms with Gasteiger partial charge in [-0.2, -0.15) is 0 Å². The van der Waals surface area contributed by atoms with Crippen LogP contribution in [0, 0.1) is 20.8 Å². The number of aryl methyl sites for hydroxylation is 2. The predicted molar refractivity (Wildman–Crippen MR) is 120 cm³/mol. The maximum Gasteiger partial charge on any atom is 0.337 e. The van der Waals surface area contributed by atoms with Crippen molar-refractivity contribution in [1.82, 2.24) is 9.13 Å². The molecule has 2 aromatic heterocycles. The van der Waals surface area contributed by atoms with E-state index in [2.05, 4.69) is 0 Å². The average Bonchev–Trinajstić information content (AvgIpc) is 3.27. The zero-order chi connectivity index (χ0) is 23.4. The molecule has 0 fully saturated rings. The van der Waals surface area contributed by atoms with Crippen molar-refractivity contribution in [2.24, 2.45) is 0 Å². The van der Waals surface area contributed by atoms with E-state index in [1.54, 1.807) is 42.6 Å². The Kier molecular flexibility index (Phi) is 7.09. The van der Waals surface area contributed by atoms with Gasteiger partial charge in [0.25, 0.3) is 0 Å². The van der Waals surface area contributed by atoms with Gasteiger partial charge < -0.3 is 18.6 Å². The zero-order valence-electron chi connectivity index (χ0n) is 18.3. The summed E-state index contributed by atoms with van der Waals surface area (Å²) in [7, 11) is 1.32. The average molecular weight is 457 g/mol. The molecule has 0 aliphatic heterocycles. The Labute approximate surface area is 189 Å². The third kappa shape index (κ3) is 4.88. The van der Waals surface area contributed by atoms with Crippen LogP contribution in [0.1, 0.15) is 44.2 Å². The molecule has 0 unspecified atom stereocenters. The second-order valence-corrected chi connectivity index (χ2v) is 8.11. The molecule has 8 nitrogen and oxygen atoms in total. The molecule has 0 saturated heterocycles. The van der Waals surface area contributed by atoms with Gasteiger partial charge in [-0.15, -0.1) is 0 Å². The highest BCUT2D eigenvalue weighted by molar-refractivity contribution is 7.07. The summed E-state index contributed by atoms with van der Waals surface area (Å²) in [6, 6.07) is 8.60. The van der Waals surface area contributed by atoms with Crippen molar-refractivity contribution in [1.29, 1.82) is 0 Å². The monoisotopic (exact) mass is 456 g/mol. The van der Waals surface area contributed by atoms with Crippen LogP contribution in [0.15, 0.2) is 40.5 Å². The normalized spacial score (nSPS) is 10.8. The van der Waals surface area contributed by atoms with Gasteiger partial charge in [-0.05, 0) is 51.1 Å². The van der Waals surface area contributed by atoms with Crippen LogP contribution >= 0.6 is 11.3 Å². The molecule has 3 aromatic rings. The van der Waals surface area contributed by atoms with Crippen LogP contribution in [0.4, 0.5) is 0 Å². The molecule has 0 bridgehead atoms. The standard InChI is InChI=1S/C23H24N2O6S/c1-14-11-19(16(3)25(14)18-7-5-17(6-8-18)22(28)30-4)20(26)12-31-21(27)9-10-24-15(2)13-32-23(24)29/h5-8,11,13H,9-10,12H2,1-4H3. The highest BCUT2D eigenvalue weighted by Gasteiger charge is 2.19. The first-order valence-corrected chi connectivity index (χ1v) is 10.8. The van der Waals surface area contributed by atoms with Gasteiger partial charge in [-0.25, -0.2) is 4.79 Å². The zero-order valence-corrected chi connectivity index (χ0v) is 19.2. The van der Waals surface area contributed by atoms with E-state index in [0.717, 1.165) is 28.4 Å². The Balaban J connectivity index is 1.65. The summed E-state index contributed by atoms with van der Waals surface area (Å²) in [6.45, 7) is 5.32. The van der Waals surface area contributed by atoms with E-state index in [0.29, 0.717) is 16.8 Å². The SMILES string of the molecule is COC(=O)c1ccc(-n2c(C)cc(C(=O)COC(=O)CCn3c(C)csc3=O)c2C)cc1. The number of carbonyl (C=O) groups excluding carboxylic acids is 3. The molecule has 0 amide bonds. The number of carbonyl (C=O) groups is 3. The van der Waals surface area contributed by atoms with E-state index >= 15 is 0 Å². The Morgan fingerprint density at radius 3 is 2.31 bits per heavy atom. The molecule has 0 saturated carbocycles. The quantitative estimate of drug-likeness (QED) is 0.381. The molecule has 168 valence electrons. The van der Waals surface area contributed by atoms with Crippen molar-refractivity contribution in [2.75, 3.05) is 13.7 Å². The summed E-state index contributed by atoms with van der Waals surface area (Å²) in [6.07, 6.45) is 0.0102. The van der Waals surface area contributed by atoms with Crippen LogP contribution in [-0.4, -0.2) is 40.6 Å². The molecule has 3 rings (SSSR count). The minimum atomic E-state index is -0.539. The number of ether oxygens (including phenoxy) is 2. The summed E-state index contributed by atoms with van der Waals surface area (Å²) in [5.74, 6) is -1.27. The fraction of sp³-hybridized carbons (Fsp3) is 0.304. The molecule has 32 heavy (non-hydrogen) atoms. The highest BCUT2D eigenvalue weighted by Crippen LogP contribution is 2.22. The topological polar surface area (TPSA) is 96.6 Å². The van der Waals surface area contributed by atoms with E-state index in [-0.39, 0.29) is 30.2 Å². The third-order valence-electron chi connectivity index (χ3n) is 5.16. The third-order valence-corrected chi connectivity index (χ3v) is 6.04. The second-order valence-electron chi connectivity index (χ2n) is 7.29. The Morgan fingerprint density at radius 1 is 1.03 bits per heavy atom. The molecule has 9 heteroatoms. The first kappa shape index (κ1) is 23.2. The number of thiazole rings is 1. The maximum atomic E-state index is 12.7. The second kappa shape index (κ2) is 9.78. The Morgan fingerprint density at radius 2 is 1.72 bits per heavy atom. The van der Waals surface area contributed by atoms with Crippen LogP contribution in [0.25, 0.3) is 5.69 Å². The fourth-order valence-electron chi connectivity index (χ4n) is 3.48. The fourth-order valence-corrected chi connectivity index (χ4v) is 4.24. The van der Waals surface area contributed by atoms with Gasteiger partial charge in [-0.1, -0.05) is 11.3 Å². The van der Waals surface area contributed by atoms with Crippen molar-refractivity contribution in [2.45, 2.75) is 33.7 Å². The van der Waals surface area contributed by atoms with E-state index in [9.17, 15) is 19.2 Å². The molecule has 0 spiro atoms. The predicted octanol–water partition coefficient (Wildman–Crippen LogP) is 3.23. The van der Waals surface area contributed by atoms with Crippen LogP contribution < -0.4 is 4.87 Å². The smallest absolute Gasteiger partial charge is 0.337 e. The van der Waals surface area contributed by atoms with Crippen molar-refractivity contribution < 1.29 is 23.9 Å². The summed E-state index contributed by atoms with van der Waals surface area (Å²) < 4.78 is 13.2. The lowest BCUT2D eigenvalue weighted by atomic mass is 10.1. The lowest BCUT2D eigenvalue weighted by Gasteiger charge is -2.11. The molecule has 0 N–H and O–H groups in total. The molecule has 2 heterocycles. The molecule has 0 atom stereocenters. The van der Waals surface area contributed by atoms with Crippen LogP contribution in [0.2, 0.25) is 0 Å². The molecule has 0 aliphatic rings. The lowest BCUT2D eigenvalue weighted by molar-refractivity contribution is -0.142. The summed E-state index contributed by atoms with van der Waals surface area (Å²) in [5, 5.41) is 1.73. The van der Waals surface area contributed by atoms with E-state index < -0.39 is 11.9 Å². The lowest BCUT2D eigenvalue weighted by Crippen LogP contribution is -2.20. The molecular weight excluding hydrogens is 432 g/mol. The largest absolute Gasteiger partial charge is 0.465 e. The summed E-state index contributed by atoms with van der Waals surface area (Å²) in [4.78, 5) is 48.0. The number of hydrogen-bond donors (Lipinski definition) is 0. The number of rotatable bonds is 8. The van der Waals surface area contributed by atoms with E-state index in [1.807, 2.05) is 18.4 Å². The van der Waals surface area contributed by atoms with E-state index in [4.69, 9.17) is 9.47 Å². The first-order chi connectivity index (χ1) is 15.2. The highest BCUT2D eigenvalue weighted by atomic mass is 32.1. The Bertz CT molecular complexity index is 1220. The van der Waals surface area contributed by atoms with Crippen LogP contribution in [0.5, 0.6) is 0 Å². The van der Waals surface area contributed by atoms with Crippen LogP contribution in [-0.2, 0) is 20.8 Å².